The first-order valence-electron chi connectivity index (χ1n) is 10.1. The summed E-state index contributed by atoms with van der Waals surface area (Å²) in [6, 6.07) is 8.67. The normalized spacial score (nSPS) is 22.0. The van der Waals surface area contributed by atoms with E-state index in [9.17, 15) is 4.79 Å². The summed E-state index contributed by atoms with van der Waals surface area (Å²) in [5.41, 5.74) is 2.66. The lowest BCUT2D eigenvalue weighted by molar-refractivity contribution is -0.127. The van der Waals surface area contributed by atoms with Gasteiger partial charge in [0.1, 0.15) is 0 Å². The highest BCUT2D eigenvalue weighted by molar-refractivity contribution is 14.0. The maximum atomic E-state index is 11.9. The molecule has 0 aromatic heterocycles. The Morgan fingerprint density at radius 2 is 2.07 bits per heavy atom. The van der Waals surface area contributed by atoms with E-state index in [4.69, 9.17) is 0 Å². The van der Waals surface area contributed by atoms with E-state index in [1.165, 1.54) is 30.5 Å². The van der Waals surface area contributed by atoms with Gasteiger partial charge in [-0.2, -0.15) is 0 Å². The molecule has 2 fully saturated rings. The van der Waals surface area contributed by atoms with Gasteiger partial charge in [0.2, 0.25) is 5.91 Å². The number of para-hydroxylation sites is 1. The van der Waals surface area contributed by atoms with Crippen molar-refractivity contribution < 1.29 is 4.79 Å². The van der Waals surface area contributed by atoms with E-state index in [1.54, 1.807) is 0 Å². The second-order valence-electron chi connectivity index (χ2n) is 7.85. The maximum Gasteiger partial charge on any atom is 0.222 e. The van der Waals surface area contributed by atoms with Crippen LogP contribution in [-0.4, -0.2) is 50.0 Å². The summed E-state index contributed by atoms with van der Waals surface area (Å²) in [5.74, 6) is 2.70. The highest BCUT2D eigenvalue weighted by Crippen LogP contribution is 2.38. The summed E-state index contributed by atoms with van der Waals surface area (Å²) < 4.78 is 0. The molecule has 1 N–H and O–H groups in total. The molecule has 5 nitrogen and oxygen atoms in total. The minimum Gasteiger partial charge on any atom is -0.356 e. The number of hydrogen-bond acceptors (Lipinski definition) is 2. The van der Waals surface area contributed by atoms with Crippen molar-refractivity contribution in [2.24, 2.45) is 10.9 Å². The summed E-state index contributed by atoms with van der Waals surface area (Å²) in [4.78, 5) is 20.8. The minimum atomic E-state index is 0. The highest BCUT2D eigenvalue weighted by atomic mass is 127. The van der Waals surface area contributed by atoms with Gasteiger partial charge in [-0.15, -0.1) is 24.0 Å². The summed E-state index contributed by atoms with van der Waals surface area (Å²) in [5, 5.41) is 3.56. The van der Waals surface area contributed by atoms with Crippen LogP contribution in [0.1, 0.15) is 50.0 Å². The Kier molecular flexibility index (Phi) is 7.00. The molecule has 148 valence electrons. The molecule has 2 aliphatic heterocycles. The SMILES string of the molecule is CN=C(NCCC1CC1)N1CC(CCN2CCCC2=O)c2ccccc21.I. The van der Waals surface area contributed by atoms with Crippen LogP contribution >= 0.6 is 24.0 Å². The monoisotopic (exact) mass is 482 g/mol. The first-order chi connectivity index (χ1) is 12.8. The van der Waals surface area contributed by atoms with Crippen molar-refractivity contribution in [1.29, 1.82) is 0 Å². The van der Waals surface area contributed by atoms with Crippen molar-refractivity contribution in [3.8, 4) is 0 Å². The van der Waals surface area contributed by atoms with Crippen LogP contribution in [0.5, 0.6) is 0 Å². The molecule has 0 spiro atoms. The molecule has 1 unspecified atom stereocenters. The number of nitrogens with zero attached hydrogens (tertiary/aromatic N) is 3. The first-order valence-corrected chi connectivity index (χ1v) is 10.1. The van der Waals surface area contributed by atoms with Crippen LogP contribution in [0.2, 0.25) is 0 Å². The zero-order chi connectivity index (χ0) is 17.9. The number of nitrogens with one attached hydrogen (secondary N) is 1. The van der Waals surface area contributed by atoms with E-state index in [0.29, 0.717) is 11.8 Å². The van der Waals surface area contributed by atoms with E-state index in [2.05, 4.69) is 39.5 Å². The second kappa shape index (κ2) is 9.26. The van der Waals surface area contributed by atoms with E-state index < -0.39 is 0 Å². The number of fused-ring (bicyclic) bond motifs is 1. The molecule has 0 bridgehead atoms. The van der Waals surface area contributed by atoms with Gasteiger partial charge in [0.05, 0.1) is 0 Å². The van der Waals surface area contributed by atoms with Crippen LogP contribution in [0, 0.1) is 5.92 Å². The average Bonchev–Trinajstić information content (AvgIpc) is 3.29. The predicted octanol–water partition coefficient (Wildman–Crippen LogP) is 3.60. The van der Waals surface area contributed by atoms with Gasteiger partial charge in [0.15, 0.2) is 5.96 Å². The summed E-state index contributed by atoms with van der Waals surface area (Å²) in [6.45, 7) is 3.76. The van der Waals surface area contributed by atoms with Crippen molar-refractivity contribution >= 4 is 41.5 Å². The number of likely N-dealkylation sites (tertiary alicyclic amines) is 1. The molecule has 2 heterocycles. The first kappa shape index (κ1) is 20.4. The molecule has 27 heavy (non-hydrogen) atoms. The number of rotatable bonds is 6. The molecule has 1 aromatic carbocycles. The van der Waals surface area contributed by atoms with Gasteiger partial charge in [0, 0.05) is 51.3 Å². The van der Waals surface area contributed by atoms with Crippen molar-refractivity contribution in [3.05, 3.63) is 29.8 Å². The Labute approximate surface area is 179 Å². The molecule has 1 aromatic rings. The van der Waals surface area contributed by atoms with Crippen LogP contribution in [0.15, 0.2) is 29.3 Å². The largest absolute Gasteiger partial charge is 0.356 e. The second-order valence-corrected chi connectivity index (χ2v) is 7.85. The summed E-state index contributed by atoms with van der Waals surface area (Å²) >= 11 is 0. The molecule has 1 amide bonds. The quantitative estimate of drug-likeness (QED) is 0.383. The Bertz CT molecular complexity index is 689. The third-order valence-corrected chi connectivity index (χ3v) is 5.99. The number of carbonyl (C=O) groups excluding carboxylic acids is 1. The number of aliphatic imine (C=N–C) groups is 1. The fraction of sp³-hybridized carbons (Fsp3) is 0.619. The van der Waals surface area contributed by atoms with Gasteiger partial charge in [-0.1, -0.05) is 31.0 Å². The lowest BCUT2D eigenvalue weighted by atomic mass is 9.98. The third kappa shape index (κ3) is 4.76. The maximum absolute atomic E-state index is 11.9. The predicted molar refractivity (Wildman–Crippen MR) is 121 cm³/mol. The molecule has 1 aliphatic carbocycles. The third-order valence-electron chi connectivity index (χ3n) is 5.99. The highest BCUT2D eigenvalue weighted by Gasteiger charge is 2.32. The molecule has 4 rings (SSSR count). The lowest BCUT2D eigenvalue weighted by Gasteiger charge is -2.23. The van der Waals surface area contributed by atoms with Crippen molar-refractivity contribution in [1.82, 2.24) is 10.2 Å². The van der Waals surface area contributed by atoms with Crippen molar-refractivity contribution in [2.45, 2.75) is 44.4 Å². The average molecular weight is 482 g/mol. The van der Waals surface area contributed by atoms with Crippen LogP contribution in [-0.2, 0) is 4.79 Å². The van der Waals surface area contributed by atoms with Gasteiger partial charge in [-0.3, -0.25) is 9.79 Å². The Morgan fingerprint density at radius 3 is 2.78 bits per heavy atom. The number of carbonyl (C=O) groups is 1. The van der Waals surface area contributed by atoms with Crippen LogP contribution < -0.4 is 10.2 Å². The molecular weight excluding hydrogens is 451 g/mol. The van der Waals surface area contributed by atoms with E-state index >= 15 is 0 Å². The molecule has 1 atom stereocenters. The molecule has 1 saturated heterocycles. The van der Waals surface area contributed by atoms with Gasteiger partial charge in [0.25, 0.3) is 0 Å². The van der Waals surface area contributed by atoms with Gasteiger partial charge < -0.3 is 15.1 Å². The van der Waals surface area contributed by atoms with Crippen LogP contribution in [0.3, 0.4) is 0 Å². The topological polar surface area (TPSA) is 47.9 Å². The number of halogens is 1. The summed E-state index contributed by atoms with van der Waals surface area (Å²) in [6.07, 6.45) is 6.80. The molecule has 0 radical (unpaired) electrons. The number of amides is 1. The lowest BCUT2D eigenvalue weighted by Crippen LogP contribution is -2.41. The van der Waals surface area contributed by atoms with Crippen LogP contribution in [0.4, 0.5) is 5.69 Å². The number of hydrogen-bond donors (Lipinski definition) is 1. The van der Waals surface area contributed by atoms with E-state index in [0.717, 1.165) is 57.3 Å². The number of benzene rings is 1. The van der Waals surface area contributed by atoms with Gasteiger partial charge >= 0.3 is 0 Å². The summed E-state index contributed by atoms with van der Waals surface area (Å²) in [7, 11) is 1.87. The minimum absolute atomic E-state index is 0. The van der Waals surface area contributed by atoms with Gasteiger partial charge in [-0.05, 0) is 36.8 Å². The van der Waals surface area contributed by atoms with Crippen LogP contribution in [0.25, 0.3) is 0 Å². The fourth-order valence-electron chi connectivity index (χ4n) is 4.28. The molecule has 6 heteroatoms. The van der Waals surface area contributed by atoms with Crippen molar-refractivity contribution in [2.75, 3.05) is 38.1 Å². The smallest absolute Gasteiger partial charge is 0.222 e. The van der Waals surface area contributed by atoms with Crippen molar-refractivity contribution in [3.63, 3.8) is 0 Å². The van der Waals surface area contributed by atoms with Gasteiger partial charge in [-0.25, -0.2) is 0 Å². The standard InChI is InChI=1S/C21H30N4O.HI/c1-22-21(23-12-10-16-8-9-16)25-15-17(18-5-2-3-6-19(18)25)11-14-24-13-4-7-20(24)26;/h2-3,5-6,16-17H,4,7-15H2,1H3,(H,22,23);1H. The Morgan fingerprint density at radius 1 is 1.26 bits per heavy atom. The zero-order valence-corrected chi connectivity index (χ0v) is 18.5. The molecule has 1 saturated carbocycles. The zero-order valence-electron chi connectivity index (χ0n) is 16.2. The van der Waals surface area contributed by atoms with E-state index in [-0.39, 0.29) is 24.0 Å². The number of guanidine groups is 1. The van der Waals surface area contributed by atoms with E-state index in [1.807, 2.05) is 11.9 Å². The Balaban J connectivity index is 0.00000210. The molecular formula is C21H31IN4O. The number of anilines is 1. The fourth-order valence-corrected chi connectivity index (χ4v) is 4.28. The Hall–Kier alpha value is -1.31. The molecule has 3 aliphatic rings.